The molecule has 0 fully saturated rings. The normalized spacial score (nSPS) is 15.5. The molecular weight excluding hydrogens is 402 g/mol. The lowest BCUT2D eigenvalue weighted by Gasteiger charge is -2.42. The number of aliphatic hydroxyl groups excluding tert-OH is 1. The van der Waals surface area contributed by atoms with Gasteiger partial charge < -0.3 is 15.3 Å². The quantitative estimate of drug-likeness (QED) is 0.125. The Kier molecular flexibility index (Phi) is 7.57. The predicted octanol–water partition coefficient (Wildman–Crippen LogP) is 2.03. The van der Waals surface area contributed by atoms with Gasteiger partial charge in [-0.1, -0.05) is 71.9 Å². The number of carbonyl (C=O) groups excluding carboxylic acids is 3. The van der Waals surface area contributed by atoms with Gasteiger partial charge in [0.2, 0.25) is 11.4 Å². The fraction of sp³-hybridized carbons (Fsp3) is 0.227. The van der Waals surface area contributed by atoms with Crippen molar-refractivity contribution in [2.24, 2.45) is 5.11 Å². The summed E-state index contributed by atoms with van der Waals surface area (Å²) in [5, 5.41) is 36.1. The van der Waals surface area contributed by atoms with Gasteiger partial charge in [0.1, 0.15) is 6.04 Å². The summed E-state index contributed by atoms with van der Waals surface area (Å²) in [6.45, 7) is 2.26. The fourth-order valence-electron chi connectivity index (χ4n) is 3.27. The van der Waals surface area contributed by atoms with Gasteiger partial charge in [0.15, 0.2) is 17.2 Å². The zero-order valence-corrected chi connectivity index (χ0v) is 16.5. The molecule has 0 saturated carbocycles. The number of hydrogen-bond donors (Lipinski definition) is 3. The van der Waals surface area contributed by atoms with Crippen LogP contribution < -0.4 is 0 Å². The van der Waals surface area contributed by atoms with Crippen LogP contribution in [0.1, 0.15) is 27.1 Å². The molecule has 31 heavy (non-hydrogen) atoms. The molecule has 0 saturated heterocycles. The van der Waals surface area contributed by atoms with E-state index in [0.717, 1.165) is 6.08 Å². The molecule has 3 atom stereocenters. The summed E-state index contributed by atoms with van der Waals surface area (Å²) in [7, 11) is 0. The molecule has 0 aliphatic rings. The largest absolute Gasteiger partial charge is 0.396 e. The SMILES string of the molecule is C=CCC(=O)[C@](O)(C(=O)c1ccccc1)[C@@](O)(C(=O)c1ccccc1)[C@H](CO)N=[N+]=[N-]. The number of azide groups is 1. The molecule has 0 aliphatic carbocycles. The maximum atomic E-state index is 13.4. The summed E-state index contributed by atoms with van der Waals surface area (Å²) >= 11 is 0. The highest BCUT2D eigenvalue weighted by atomic mass is 16.4. The van der Waals surface area contributed by atoms with Crippen LogP contribution in [0.15, 0.2) is 78.4 Å². The average molecular weight is 423 g/mol. The molecule has 0 aromatic heterocycles. The zero-order valence-electron chi connectivity index (χ0n) is 16.5. The fourth-order valence-corrected chi connectivity index (χ4v) is 3.27. The van der Waals surface area contributed by atoms with Crippen LogP contribution in [0.4, 0.5) is 0 Å². The monoisotopic (exact) mass is 423 g/mol. The number of nitrogens with zero attached hydrogens (tertiary/aromatic N) is 3. The lowest BCUT2D eigenvalue weighted by atomic mass is 9.67. The molecule has 9 nitrogen and oxygen atoms in total. The van der Waals surface area contributed by atoms with E-state index >= 15 is 0 Å². The topological polar surface area (TPSA) is 161 Å². The molecule has 0 heterocycles. The van der Waals surface area contributed by atoms with E-state index in [1.165, 1.54) is 48.5 Å². The Morgan fingerprint density at radius 3 is 1.90 bits per heavy atom. The third-order valence-corrected chi connectivity index (χ3v) is 4.88. The van der Waals surface area contributed by atoms with E-state index in [1.54, 1.807) is 12.1 Å². The summed E-state index contributed by atoms with van der Waals surface area (Å²) < 4.78 is 0. The Morgan fingerprint density at radius 1 is 1.00 bits per heavy atom. The van der Waals surface area contributed by atoms with Crippen molar-refractivity contribution in [2.45, 2.75) is 23.7 Å². The van der Waals surface area contributed by atoms with E-state index in [4.69, 9.17) is 5.53 Å². The number of rotatable bonds is 11. The van der Waals surface area contributed by atoms with Crippen molar-refractivity contribution in [3.05, 3.63) is 94.9 Å². The molecule has 160 valence electrons. The molecule has 0 aliphatic heterocycles. The van der Waals surface area contributed by atoms with E-state index < -0.39 is 47.6 Å². The van der Waals surface area contributed by atoms with Gasteiger partial charge in [-0.2, -0.15) is 0 Å². The van der Waals surface area contributed by atoms with Crippen LogP contribution in [0.3, 0.4) is 0 Å². The van der Waals surface area contributed by atoms with Crippen LogP contribution in [0.2, 0.25) is 0 Å². The van der Waals surface area contributed by atoms with Crippen LogP contribution in [0.5, 0.6) is 0 Å². The Labute approximate surface area is 177 Å². The minimum atomic E-state index is -3.39. The van der Waals surface area contributed by atoms with E-state index in [2.05, 4.69) is 16.6 Å². The highest BCUT2D eigenvalue weighted by Crippen LogP contribution is 2.36. The van der Waals surface area contributed by atoms with E-state index in [0.29, 0.717) is 0 Å². The zero-order chi connectivity index (χ0) is 23.1. The highest BCUT2D eigenvalue weighted by molar-refractivity contribution is 6.24. The van der Waals surface area contributed by atoms with Gasteiger partial charge in [-0.15, -0.1) is 6.58 Å². The number of ketones is 3. The van der Waals surface area contributed by atoms with Crippen molar-refractivity contribution in [3.63, 3.8) is 0 Å². The molecular formula is C22H21N3O6. The number of hydrogen-bond acceptors (Lipinski definition) is 7. The number of allylic oxidation sites excluding steroid dienone is 1. The third kappa shape index (κ3) is 4.16. The van der Waals surface area contributed by atoms with Crippen molar-refractivity contribution in [2.75, 3.05) is 6.61 Å². The Balaban J connectivity index is 2.87. The lowest BCUT2D eigenvalue weighted by Crippen LogP contribution is -2.72. The number of carbonyl (C=O) groups is 3. The van der Waals surface area contributed by atoms with E-state index in [9.17, 15) is 29.7 Å². The van der Waals surface area contributed by atoms with Gasteiger partial charge >= 0.3 is 0 Å². The number of Topliss-reactive ketones (excluding diaryl/α,β-unsaturated/α-hetero) is 3. The maximum absolute atomic E-state index is 13.4. The summed E-state index contributed by atoms with van der Waals surface area (Å²) in [5.74, 6) is -3.82. The molecule has 2 aromatic rings. The van der Waals surface area contributed by atoms with Crippen molar-refractivity contribution in [1.82, 2.24) is 0 Å². The van der Waals surface area contributed by atoms with Gasteiger partial charge in [0.25, 0.3) is 0 Å². The minimum Gasteiger partial charge on any atom is -0.396 e. The first-order valence-electron chi connectivity index (χ1n) is 9.22. The molecule has 0 radical (unpaired) electrons. The van der Waals surface area contributed by atoms with Crippen molar-refractivity contribution in [1.29, 1.82) is 0 Å². The lowest BCUT2D eigenvalue weighted by molar-refractivity contribution is -0.156. The second-order valence-electron chi connectivity index (χ2n) is 6.69. The van der Waals surface area contributed by atoms with Gasteiger partial charge in [0, 0.05) is 22.5 Å². The number of benzene rings is 2. The Bertz CT molecular complexity index is 1020. The summed E-state index contributed by atoms with van der Waals surface area (Å²) in [4.78, 5) is 42.3. The molecule has 0 spiro atoms. The molecule has 9 heteroatoms. The van der Waals surface area contributed by atoms with Crippen LogP contribution in [-0.4, -0.2) is 56.5 Å². The van der Waals surface area contributed by atoms with Gasteiger partial charge in [-0.25, -0.2) is 0 Å². The Hall–Kier alpha value is -3.62. The van der Waals surface area contributed by atoms with Crippen LogP contribution in [-0.2, 0) is 4.79 Å². The van der Waals surface area contributed by atoms with Gasteiger partial charge in [0.05, 0.1) is 6.61 Å². The molecule has 2 rings (SSSR count). The minimum absolute atomic E-state index is 0.178. The third-order valence-electron chi connectivity index (χ3n) is 4.88. The molecule has 0 amide bonds. The Morgan fingerprint density at radius 2 is 1.48 bits per heavy atom. The van der Waals surface area contributed by atoms with Gasteiger partial charge in [-0.3, -0.25) is 14.4 Å². The van der Waals surface area contributed by atoms with Crippen molar-refractivity contribution < 1.29 is 29.7 Å². The second kappa shape index (κ2) is 9.92. The highest BCUT2D eigenvalue weighted by Gasteiger charge is 2.66. The molecule has 0 unspecified atom stereocenters. The molecule has 3 N–H and O–H groups in total. The standard InChI is InChI=1S/C22H21N3O6/c1-2-9-18(27)22(31,20(29)16-12-7-4-8-13-16)21(30,17(14-26)24-25-23)19(28)15-10-5-3-6-11-15/h2-8,10-13,17,26,30-31H,1,9,14H2/t17-,21-,22-/m0/s1. The van der Waals surface area contributed by atoms with Crippen LogP contribution in [0, 0.1) is 0 Å². The predicted molar refractivity (Wildman–Crippen MR) is 111 cm³/mol. The average Bonchev–Trinajstić information content (AvgIpc) is 2.81. The second-order valence-corrected chi connectivity index (χ2v) is 6.69. The van der Waals surface area contributed by atoms with Crippen LogP contribution >= 0.6 is 0 Å². The van der Waals surface area contributed by atoms with E-state index in [-0.39, 0.29) is 11.1 Å². The molecule has 2 aromatic carbocycles. The smallest absolute Gasteiger partial charge is 0.223 e. The van der Waals surface area contributed by atoms with Crippen LogP contribution in [0.25, 0.3) is 10.4 Å². The first-order valence-corrected chi connectivity index (χ1v) is 9.22. The molecule has 0 bridgehead atoms. The number of aliphatic hydroxyl groups is 3. The van der Waals surface area contributed by atoms with Crippen molar-refractivity contribution in [3.8, 4) is 0 Å². The van der Waals surface area contributed by atoms with Crippen molar-refractivity contribution >= 4 is 17.3 Å². The van der Waals surface area contributed by atoms with Gasteiger partial charge in [-0.05, 0) is 5.53 Å². The first-order chi connectivity index (χ1) is 14.8. The summed E-state index contributed by atoms with van der Waals surface area (Å²) in [6, 6.07) is 12.1. The summed E-state index contributed by atoms with van der Waals surface area (Å²) in [5.41, 5.74) is 1.84. The summed E-state index contributed by atoms with van der Waals surface area (Å²) in [6.07, 6.45) is 0.494. The maximum Gasteiger partial charge on any atom is 0.223 e. The van der Waals surface area contributed by atoms with E-state index in [1.807, 2.05) is 0 Å². The first kappa shape index (κ1) is 23.7.